The Labute approximate surface area is 136 Å². The molecular weight excluding hydrogens is 346 g/mol. The SMILES string of the molecule is O=C(O)c1ccc(S(=O)(=O)N(Cl)c2ccccc2)cc1C(=O)O. The fourth-order valence-electron chi connectivity index (χ4n) is 1.82. The van der Waals surface area contributed by atoms with E-state index in [1.165, 1.54) is 12.1 Å². The molecule has 2 N–H and O–H groups in total. The average molecular weight is 356 g/mol. The van der Waals surface area contributed by atoms with E-state index in [0.717, 1.165) is 18.2 Å². The molecule has 0 amide bonds. The first-order valence-corrected chi connectivity index (χ1v) is 7.89. The maximum absolute atomic E-state index is 12.4. The summed E-state index contributed by atoms with van der Waals surface area (Å²) in [5, 5.41) is 18.0. The first-order valence-electron chi connectivity index (χ1n) is 6.12. The Morgan fingerprint density at radius 2 is 1.48 bits per heavy atom. The first kappa shape index (κ1) is 16.8. The van der Waals surface area contributed by atoms with Crippen LogP contribution < -0.4 is 3.82 Å². The Balaban J connectivity index is 2.55. The van der Waals surface area contributed by atoms with E-state index in [9.17, 15) is 18.0 Å². The smallest absolute Gasteiger partial charge is 0.336 e. The molecule has 0 unspecified atom stereocenters. The van der Waals surface area contributed by atoms with Gasteiger partial charge in [0.2, 0.25) is 0 Å². The molecule has 0 aromatic heterocycles. The molecule has 7 nitrogen and oxygen atoms in total. The van der Waals surface area contributed by atoms with Crippen molar-refractivity contribution < 1.29 is 28.2 Å². The molecule has 0 heterocycles. The highest BCUT2D eigenvalue weighted by Gasteiger charge is 2.26. The van der Waals surface area contributed by atoms with Gasteiger partial charge in [-0.15, -0.1) is 0 Å². The lowest BCUT2D eigenvalue weighted by Crippen LogP contribution is -2.22. The van der Waals surface area contributed by atoms with Crippen LogP contribution in [-0.4, -0.2) is 30.6 Å². The Kier molecular flexibility index (Phi) is 4.57. The summed E-state index contributed by atoms with van der Waals surface area (Å²) in [4.78, 5) is 21.7. The van der Waals surface area contributed by atoms with Crippen LogP contribution in [0.25, 0.3) is 0 Å². The molecule has 0 spiro atoms. The van der Waals surface area contributed by atoms with Crippen molar-refractivity contribution in [3.8, 4) is 0 Å². The van der Waals surface area contributed by atoms with Gasteiger partial charge in [0.05, 0.1) is 21.7 Å². The van der Waals surface area contributed by atoms with Crippen molar-refractivity contribution >= 4 is 39.4 Å². The van der Waals surface area contributed by atoms with E-state index >= 15 is 0 Å². The summed E-state index contributed by atoms with van der Waals surface area (Å²) in [6, 6.07) is 10.4. The fraction of sp³-hybridized carbons (Fsp3) is 0. The highest BCUT2D eigenvalue weighted by Crippen LogP contribution is 2.27. The normalized spacial score (nSPS) is 11.0. The van der Waals surface area contributed by atoms with Gasteiger partial charge in [0.25, 0.3) is 10.0 Å². The number of rotatable bonds is 5. The summed E-state index contributed by atoms with van der Waals surface area (Å²) in [6.45, 7) is 0. The predicted octanol–water partition coefficient (Wildman–Crippen LogP) is 2.43. The third kappa shape index (κ3) is 3.27. The minimum absolute atomic E-state index is 0.161. The van der Waals surface area contributed by atoms with Gasteiger partial charge in [0.1, 0.15) is 0 Å². The number of carbonyl (C=O) groups is 2. The summed E-state index contributed by atoms with van der Waals surface area (Å²) < 4.78 is 25.4. The first-order chi connectivity index (χ1) is 10.7. The number of carboxylic acids is 2. The summed E-state index contributed by atoms with van der Waals surface area (Å²) in [5.74, 6) is -3.03. The van der Waals surface area contributed by atoms with Crippen LogP contribution in [0.2, 0.25) is 0 Å². The maximum atomic E-state index is 12.4. The van der Waals surface area contributed by atoms with Crippen LogP contribution in [0.3, 0.4) is 0 Å². The molecule has 0 fully saturated rings. The van der Waals surface area contributed by atoms with E-state index < -0.39 is 38.0 Å². The molecule has 0 radical (unpaired) electrons. The minimum atomic E-state index is -4.25. The van der Waals surface area contributed by atoms with Crippen LogP contribution in [0.5, 0.6) is 0 Å². The highest BCUT2D eigenvalue weighted by atomic mass is 35.5. The molecule has 2 aromatic rings. The highest BCUT2D eigenvalue weighted by molar-refractivity contribution is 7.94. The van der Waals surface area contributed by atoms with E-state index in [0.29, 0.717) is 3.82 Å². The van der Waals surface area contributed by atoms with Crippen molar-refractivity contribution in [1.29, 1.82) is 0 Å². The van der Waals surface area contributed by atoms with Crippen LogP contribution in [0.4, 0.5) is 5.69 Å². The zero-order valence-corrected chi connectivity index (χ0v) is 13.0. The van der Waals surface area contributed by atoms with Crippen LogP contribution in [-0.2, 0) is 10.0 Å². The van der Waals surface area contributed by atoms with Crippen LogP contribution >= 0.6 is 11.8 Å². The Bertz CT molecular complexity index is 866. The van der Waals surface area contributed by atoms with Gasteiger partial charge >= 0.3 is 11.9 Å². The molecule has 0 bridgehead atoms. The van der Waals surface area contributed by atoms with Gasteiger partial charge in [-0.25, -0.2) is 9.59 Å². The molecule has 2 aromatic carbocycles. The van der Waals surface area contributed by atoms with Crippen LogP contribution in [0, 0.1) is 0 Å². The van der Waals surface area contributed by atoms with Gasteiger partial charge in [0.15, 0.2) is 0 Å². The van der Waals surface area contributed by atoms with Crippen molar-refractivity contribution in [3.05, 3.63) is 59.7 Å². The van der Waals surface area contributed by atoms with E-state index in [1.54, 1.807) is 18.2 Å². The van der Waals surface area contributed by atoms with Crippen LogP contribution in [0.1, 0.15) is 20.7 Å². The third-order valence-corrected chi connectivity index (χ3v) is 5.14. The molecule has 0 saturated carbocycles. The number of halogens is 1. The van der Waals surface area contributed by atoms with Gasteiger partial charge in [-0.1, -0.05) is 18.2 Å². The molecule has 0 aliphatic rings. The Morgan fingerprint density at radius 3 is 2.00 bits per heavy atom. The second-order valence-corrected chi connectivity index (χ2v) is 6.70. The third-order valence-electron chi connectivity index (χ3n) is 2.92. The molecule has 0 atom stereocenters. The zero-order valence-electron chi connectivity index (χ0n) is 11.4. The van der Waals surface area contributed by atoms with Gasteiger partial charge < -0.3 is 10.2 Å². The topological polar surface area (TPSA) is 112 Å². The Hall–Kier alpha value is -2.58. The Morgan fingerprint density at radius 1 is 0.913 bits per heavy atom. The number of hydrogen-bond donors (Lipinski definition) is 2. The van der Waals surface area contributed by atoms with E-state index in [1.807, 2.05) is 0 Å². The number of aromatic carboxylic acids is 2. The second-order valence-electron chi connectivity index (χ2n) is 4.37. The number of anilines is 1. The lowest BCUT2D eigenvalue weighted by atomic mass is 10.1. The summed E-state index contributed by atoms with van der Waals surface area (Å²) in [6.07, 6.45) is 0. The summed E-state index contributed by atoms with van der Waals surface area (Å²) >= 11 is 5.85. The molecule has 23 heavy (non-hydrogen) atoms. The molecule has 120 valence electrons. The number of carboxylic acid groups (broad SMARTS) is 2. The van der Waals surface area contributed by atoms with E-state index in [-0.39, 0.29) is 5.69 Å². The van der Waals surface area contributed by atoms with Crippen molar-refractivity contribution in [2.75, 3.05) is 3.82 Å². The standard InChI is InChI=1S/C14H10ClNO6S/c15-16(9-4-2-1-3-5-9)23(21,22)10-6-7-11(13(17)18)12(8-10)14(19)20/h1-8H,(H,17,18)(H,19,20). The second kappa shape index (κ2) is 6.27. The van der Waals surface area contributed by atoms with E-state index in [4.69, 9.17) is 22.0 Å². The van der Waals surface area contributed by atoms with Crippen molar-refractivity contribution in [1.82, 2.24) is 0 Å². The molecule has 0 aliphatic heterocycles. The number of para-hydroxylation sites is 1. The number of hydrogen-bond acceptors (Lipinski definition) is 4. The number of benzene rings is 2. The number of sulfonamides is 1. The minimum Gasteiger partial charge on any atom is -0.478 e. The number of nitrogens with zero attached hydrogens (tertiary/aromatic N) is 1. The largest absolute Gasteiger partial charge is 0.478 e. The van der Waals surface area contributed by atoms with Gasteiger partial charge in [-0.3, -0.25) is 0 Å². The average Bonchev–Trinajstić information content (AvgIpc) is 2.54. The monoisotopic (exact) mass is 355 g/mol. The van der Waals surface area contributed by atoms with Crippen molar-refractivity contribution in [2.24, 2.45) is 0 Å². The van der Waals surface area contributed by atoms with Crippen molar-refractivity contribution in [2.45, 2.75) is 4.90 Å². The molecular formula is C14H10ClNO6S. The van der Waals surface area contributed by atoms with Crippen molar-refractivity contribution in [3.63, 3.8) is 0 Å². The zero-order chi connectivity index (χ0) is 17.2. The van der Waals surface area contributed by atoms with E-state index in [2.05, 4.69) is 0 Å². The summed E-state index contributed by atoms with van der Waals surface area (Å²) in [5.41, 5.74) is -0.998. The molecule has 0 aliphatic carbocycles. The van der Waals surface area contributed by atoms with Crippen LogP contribution in [0.15, 0.2) is 53.4 Å². The molecule has 2 rings (SSSR count). The predicted molar refractivity (Wildman–Crippen MR) is 82.3 cm³/mol. The summed E-state index contributed by atoms with van der Waals surface area (Å²) in [7, 11) is -4.25. The van der Waals surface area contributed by atoms with Gasteiger partial charge in [-0.2, -0.15) is 12.2 Å². The van der Waals surface area contributed by atoms with Gasteiger partial charge in [-0.05, 0) is 30.3 Å². The van der Waals surface area contributed by atoms with Gasteiger partial charge in [0, 0.05) is 11.8 Å². The molecule has 9 heteroatoms. The maximum Gasteiger partial charge on any atom is 0.336 e. The lowest BCUT2D eigenvalue weighted by Gasteiger charge is -2.16. The lowest BCUT2D eigenvalue weighted by molar-refractivity contribution is 0.0651. The quantitative estimate of drug-likeness (QED) is 0.796. The molecule has 0 saturated heterocycles. The fourth-order valence-corrected chi connectivity index (χ4v) is 3.27.